The average Bonchev–Trinajstić information content (AvgIpc) is 3.33. The summed E-state index contributed by atoms with van der Waals surface area (Å²) in [5.74, 6) is 0.0911. The molecule has 2 amide bonds. The molecule has 22 heavy (non-hydrogen) atoms. The Morgan fingerprint density at radius 2 is 2.05 bits per heavy atom. The Labute approximate surface area is 138 Å². The van der Waals surface area contributed by atoms with Gasteiger partial charge in [-0.05, 0) is 36.5 Å². The molecular weight excluding hydrogens is 348 g/mol. The summed E-state index contributed by atoms with van der Waals surface area (Å²) >= 11 is 3.39. The molecule has 5 nitrogen and oxygen atoms in total. The maximum atomic E-state index is 12.8. The minimum atomic E-state index is -0.578. The van der Waals surface area contributed by atoms with Crippen molar-refractivity contribution in [2.45, 2.75) is 25.0 Å². The van der Waals surface area contributed by atoms with E-state index in [9.17, 15) is 9.59 Å². The molecule has 1 aliphatic carbocycles. The van der Waals surface area contributed by atoms with E-state index in [1.54, 1.807) is 12.0 Å². The number of benzene rings is 1. The number of ether oxygens (including phenoxy) is 1. The number of carbonyl (C=O) groups is 2. The van der Waals surface area contributed by atoms with Gasteiger partial charge in [0.1, 0.15) is 12.1 Å². The highest BCUT2D eigenvalue weighted by Gasteiger charge is 2.43. The molecule has 2 fully saturated rings. The van der Waals surface area contributed by atoms with E-state index in [2.05, 4.69) is 21.2 Å². The van der Waals surface area contributed by atoms with Gasteiger partial charge in [0.05, 0.1) is 0 Å². The number of rotatable bonds is 4. The highest BCUT2D eigenvalue weighted by molar-refractivity contribution is 9.10. The van der Waals surface area contributed by atoms with Crippen molar-refractivity contribution in [1.82, 2.24) is 10.2 Å². The Morgan fingerprint density at radius 3 is 2.64 bits per heavy atom. The van der Waals surface area contributed by atoms with E-state index in [4.69, 9.17) is 4.74 Å². The Balaban J connectivity index is 1.87. The second-order valence-electron chi connectivity index (χ2n) is 5.77. The summed E-state index contributed by atoms with van der Waals surface area (Å²) in [7, 11) is 1.57. The zero-order valence-electron chi connectivity index (χ0n) is 12.4. The van der Waals surface area contributed by atoms with Crippen molar-refractivity contribution in [3.8, 4) is 0 Å². The molecule has 0 bridgehead atoms. The molecule has 2 atom stereocenters. The van der Waals surface area contributed by atoms with Gasteiger partial charge in [-0.25, -0.2) is 0 Å². The minimum Gasteiger partial charge on any atom is -0.371 e. The first-order chi connectivity index (χ1) is 10.6. The van der Waals surface area contributed by atoms with Gasteiger partial charge in [-0.2, -0.15) is 0 Å². The molecular formula is C16H19BrN2O3. The normalized spacial score (nSPS) is 23.1. The standard InChI is InChI=1S/C16H19BrN2O3/c1-22-14(11-2-3-11)16(21)19-9-8-18-15(20)13(19)10-4-6-12(17)7-5-10/h4-7,11,13-14H,2-3,8-9H2,1H3,(H,18,20). The summed E-state index contributed by atoms with van der Waals surface area (Å²) in [6.45, 7) is 0.997. The summed E-state index contributed by atoms with van der Waals surface area (Å²) < 4.78 is 6.34. The van der Waals surface area contributed by atoms with E-state index in [0.29, 0.717) is 19.0 Å². The third kappa shape index (κ3) is 3.03. The fourth-order valence-electron chi connectivity index (χ4n) is 2.94. The number of amides is 2. The topological polar surface area (TPSA) is 58.6 Å². The van der Waals surface area contributed by atoms with Crippen LogP contribution in [0.1, 0.15) is 24.4 Å². The molecule has 118 valence electrons. The van der Waals surface area contributed by atoms with Gasteiger partial charge in [0, 0.05) is 24.7 Å². The van der Waals surface area contributed by atoms with Gasteiger partial charge in [-0.15, -0.1) is 0 Å². The number of halogens is 1. The lowest BCUT2D eigenvalue weighted by atomic mass is 10.0. The van der Waals surface area contributed by atoms with Gasteiger partial charge >= 0.3 is 0 Å². The fourth-order valence-corrected chi connectivity index (χ4v) is 3.20. The second kappa shape index (κ2) is 6.38. The van der Waals surface area contributed by atoms with Crippen LogP contribution in [-0.2, 0) is 14.3 Å². The zero-order valence-corrected chi connectivity index (χ0v) is 14.0. The van der Waals surface area contributed by atoms with Crippen LogP contribution in [0.2, 0.25) is 0 Å². The first-order valence-corrected chi connectivity index (χ1v) is 8.27. The molecule has 1 aliphatic heterocycles. The molecule has 1 aromatic carbocycles. The number of methoxy groups -OCH3 is 1. The molecule has 2 aliphatic rings. The van der Waals surface area contributed by atoms with E-state index >= 15 is 0 Å². The van der Waals surface area contributed by atoms with Gasteiger partial charge in [0.25, 0.3) is 5.91 Å². The monoisotopic (exact) mass is 366 g/mol. The smallest absolute Gasteiger partial charge is 0.252 e. The molecule has 2 unspecified atom stereocenters. The molecule has 0 aromatic heterocycles. The van der Waals surface area contributed by atoms with Crippen LogP contribution in [0.15, 0.2) is 28.7 Å². The van der Waals surface area contributed by atoms with E-state index in [0.717, 1.165) is 22.9 Å². The predicted octanol–water partition coefficient (Wildman–Crippen LogP) is 1.87. The first kappa shape index (κ1) is 15.5. The highest BCUT2D eigenvalue weighted by atomic mass is 79.9. The van der Waals surface area contributed by atoms with Crippen molar-refractivity contribution in [2.24, 2.45) is 5.92 Å². The lowest BCUT2D eigenvalue weighted by molar-refractivity contribution is -0.152. The third-order valence-electron chi connectivity index (χ3n) is 4.23. The quantitative estimate of drug-likeness (QED) is 0.884. The van der Waals surface area contributed by atoms with Crippen LogP contribution < -0.4 is 5.32 Å². The van der Waals surface area contributed by atoms with Crippen LogP contribution in [0, 0.1) is 5.92 Å². The van der Waals surface area contributed by atoms with Crippen LogP contribution >= 0.6 is 15.9 Å². The second-order valence-corrected chi connectivity index (χ2v) is 6.69. The van der Waals surface area contributed by atoms with Gasteiger partial charge in [0.2, 0.25) is 5.91 Å². The fraction of sp³-hybridized carbons (Fsp3) is 0.500. The number of carbonyl (C=O) groups excluding carboxylic acids is 2. The highest BCUT2D eigenvalue weighted by Crippen LogP contribution is 2.36. The SMILES string of the molecule is COC(C(=O)N1CCNC(=O)C1c1ccc(Br)cc1)C1CC1. The molecule has 1 saturated carbocycles. The maximum absolute atomic E-state index is 12.8. The molecule has 0 radical (unpaired) electrons. The Hall–Kier alpha value is -1.40. The summed E-state index contributed by atoms with van der Waals surface area (Å²) in [5, 5.41) is 2.85. The largest absolute Gasteiger partial charge is 0.371 e. The van der Waals surface area contributed by atoms with E-state index in [1.165, 1.54) is 0 Å². The Kier molecular flexibility index (Phi) is 4.49. The summed E-state index contributed by atoms with van der Waals surface area (Å²) in [5.41, 5.74) is 0.819. The van der Waals surface area contributed by atoms with Gasteiger partial charge < -0.3 is 15.0 Å². The van der Waals surface area contributed by atoms with E-state index < -0.39 is 12.1 Å². The third-order valence-corrected chi connectivity index (χ3v) is 4.76. The number of nitrogens with zero attached hydrogens (tertiary/aromatic N) is 1. The Morgan fingerprint density at radius 1 is 1.36 bits per heavy atom. The molecule has 0 spiro atoms. The summed E-state index contributed by atoms with van der Waals surface area (Å²) in [4.78, 5) is 26.8. The van der Waals surface area contributed by atoms with Crippen LogP contribution in [0.3, 0.4) is 0 Å². The van der Waals surface area contributed by atoms with Crippen molar-refractivity contribution < 1.29 is 14.3 Å². The van der Waals surface area contributed by atoms with Gasteiger partial charge in [-0.3, -0.25) is 9.59 Å². The number of nitrogens with one attached hydrogen (secondary N) is 1. The van der Waals surface area contributed by atoms with Gasteiger partial charge in [0.15, 0.2) is 0 Å². The predicted molar refractivity (Wildman–Crippen MR) is 85.1 cm³/mol. The number of hydrogen-bond acceptors (Lipinski definition) is 3. The van der Waals surface area contributed by atoms with Crippen LogP contribution in [-0.4, -0.2) is 43.0 Å². The summed E-state index contributed by atoms with van der Waals surface area (Å²) in [6, 6.07) is 6.94. The van der Waals surface area contributed by atoms with Gasteiger partial charge in [-0.1, -0.05) is 28.1 Å². The molecule has 3 rings (SSSR count). The van der Waals surface area contributed by atoms with Crippen molar-refractivity contribution in [3.63, 3.8) is 0 Å². The number of hydrogen-bond donors (Lipinski definition) is 1. The minimum absolute atomic E-state index is 0.0761. The molecule has 1 saturated heterocycles. The Bertz CT molecular complexity index is 571. The van der Waals surface area contributed by atoms with Crippen molar-refractivity contribution in [2.75, 3.05) is 20.2 Å². The van der Waals surface area contributed by atoms with E-state index in [1.807, 2.05) is 24.3 Å². The molecule has 1 aromatic rings. The lowest BCUT2D eigenvalue weighted by Gasteiger charge is -2.37. The maximum Gasteiger partial charge on any atom is 0.252 e. The van der Waals surface area contributed by atoms with Crippen LogP contribution in [0.25, 0.3) is 0 Å². The molecule has 1 N–H and O–H groups in total. The average molecular weight is 367 g/mol. The van der Waals surface area contributed by atoms with E-state index in [-0.39, 0.29) is 11.8 Å². The van der Waals surface area contributed by atoms with Crippen LogP contribution in [0.5, 0.6) is 0 Å². The zero-order chi connectivity index (χ0) is 15.7. The van der Waals surface area contributed by atoms with Crippen molar-refractivity contribution in [1.29, 1.82) is 0 Å². The lowest BCUT2D eigenvalue weighted by Crippen LogP contribution is -2.55. The van der Waals surface area contributed by atoms with Crippen molar-refractivity contribution in [3.05, 3.63) is 34.3 Å². The first-order valence-electron chi connectivity index (χ1n) is 7.48. The molecule has 6 heteroatoms. The molecule has 1 heterocycles. The van der Waals surface area contributed by atoms with Crippen molar-refractivity contribution >= 4 is 27.7 Å². The number of piperazine rings is 1. The summed E-state index contributed by atoms with van der Waals surface area (Å²) in [6.07, 6.45) is 1.62. The van der Waals surface area contributed by atoms with Crippen LogP contribution in [0.4, 0.5) is 0 Å².